The summed E-state index contributed by atoms with van der Waals surface area (Å²) < 4.78 is 6.24. The van der Waals surface area contributed by atoms with Crippen molar-refractivity contribution in [3.8, 4) is 0 Å². The van der Waals surface area contributed by atoms with Gasteiger partial charge in [-0.1, -0.05) is 12.2 Å². The molecule has 4 bridgehead atoms. The third kappa shape index (κ3) is 1.41. The van der Waals surface area contributed by atoms with E-state index in [0.29, 0.717) is 9.76 Å². The fraction of sp³-hybridized carbons (Fsp3) is 0.867. The molecule has 98 valence electrons. The van der Waals surface area contributed by atoms with E-state index in [4.69, 9.17) is 4.12 Å². The van der Waals surface area contributed by atoms with Crippen molar-refractivity contribution in [1.29, 1.82) is 0 Å². The summed E-state index contributed by atoms with van der Waals surface area (Å²) in [5, 5.41) is 0. The monoisotopic (exact) mass is 276 g/mol. The molecule has 3 fully saturated rings. The summed E-state index contributed by atoms with van der Waals surface area (Å²) in [6, 6.07) is 0. The van der Waals surface area contributed by atoms with Gasteiger partial charge >= 0.3 is 0 Å². The predicted molar refractivity (Wildman–Crippen MR) is 77.9 cm³/mol. The van der Waals surface area contributed by atoms with E-state index in [9.17, 15) is 0 Å². The van der Waals surface area contributed by atoms with Crippen LogP contribution in [-0.2, 0) is 4.12 Å². The van der Waals surface area contributed by atoms with E-state index >= 15 is 0 Å². The first-order chi connectivity index (χ1) is 8.62. The minimum atomic E-state index is -1.42. The van der Waals surface area contributed by atoms with Crippen LogP contribution in [-0.4, -0.2) is 18.1 Å². The highest BCUT2D eigenvalue weighted by atomic mass is 28.4. The fourth-order valence-corrected chi connectivity index (χ4v) is 11.1. The molecule has 4 aliphatic carbocycles. The Hall–Kier alpha value is 0.134. The summed E-state index contributed by atoms with van der Waals surface area (Å²) in [4.78, 5) is 0. The second-order valence-electron chi connectivity index (χ2n) is 7.51. The van der Waals surface area contributed by atoms with Crippen molar-refractivity contribution in [2.75, 3.05) is 0 Å². The largest absolute Gasteiger partial charge is 0.456 e. The Bertz CT molecular complexity index is 392. The molecule has 0 aromatic carbocycles. The van der Waals surface area contributed by atoms with Crippen LogP contribution in [0.3, 0.4) is 0 Å². The molecular weight excluding hydrogens is 252 g/mol. The van der Waals surface area contributed by atoms with Crippen LogP contribution in [0.15, 0.2) is 12.2 Å². The molecule has 18 heavy (non-hydrogen) atoms. The molecule has 1 nitrogen and oxygen atoms in total. The van der Waals surface area contributed by atoms with Gasteiger partial charge in [0.1, 0.15) is 0 Å². The molecule has 0 aliphatic heterocycles. The number of rotatable bonds is 3. The Labute approximate surface area is 114 Å². The minimum Gasteiger partial charge on any atom is -0.456 e. The van der Waals surface area contributed by atoms with E-state index in [1.54, 1.807) is 6.42 Å². The maximum absolute atomic E-state index is 6.24. The van der Waals surface area contributed by atoms with E-state index in [1.165, 1.54) is 12.8 Å². The van der Waals surface area contributed by atoms with Gasteiger partial charge in [0.25, 0.3) is 0 Å². The molecule has 7 atom stereocenters. The minimum absolute atomic E-state index is 0.695. The summed E-state index contributed by atoms with van der Waals surface area (Å²) >= 11 is 0. The van der Waals surface area contributed by atoms with E-state index in [0.717, 1.165) is 41.0 Å². The van der Waals surface area contributed by atoms with E-state index in [-0.39, 0.29) is 0 Å². The average Bonchev–Trinajstić information content (AvgIpc) is 3.07. The van der Waals surface area contributed by atoms with E-state index in [2.05, 4.69) is 31.8 Å². The smallest absolute Gasteiger partial charge is 0.211 e. The highest BCUT2D eigenvalue weighted by molar-refractivity contribution is 6.76. The molecule has 4 aliphatic rings. The Morgan fingerprint density at radius 2 is 1.78 bits per heavy atom. The first-order valence-electron chi connectivity index (χ1n) is 7.65. The van der Waals surface area contributed by atoms with Crippen LogP contribution in [0.4, 0.5) is 0 Å². The number of hydrogen-bond donors (Lipinski definition) is 0. The Kier molecular flexibility index (Phi) is 2.53. The number of fused-ring (bicyclic) bond motifs is 9. The molecule has 7 unspecified atom stereocenters. The summed E-state index contributed by atoms with van der Waals surface area (Å²) in [6.45, 7) is 7.16. The standard InChI is InChI=1S/C15H24OSi2/c1-17-16-18(2,3)13-8-11-7-12(13)15-10-5-4-9(6-10)14(11)15/h4-5,9-15H,6-8H2,1-3H3. The van der Waals surface area contributed by atoms with Gasteiger partial charge in [-0.2, -0.15) is 0 Å². The molecule has 0 amide bonds. The molecule has 0 aromatic heterocycles. The van der Waals surface area contributed by atoms with Crippen molar-refractivity contribution in [2.24, 2.45) is 35.5 Å². The van der Waals surface area contributed by atoms with Crippen LogP contribution < -0.4 is 0 Å². The van der Waals surface area contributed by atoms with Gasteiger partial charge in [0.05, 0.1) is 0 Å². The summed E-state index contributed by atoms with van der Waals surface area (Å²) in [6.07, 6.45) is 9.65. The van der Waals surface area contributed by atoms with Crippen LogP contribution in [0.1, 0.15) is 19.3 Å². The van der Waals surface area contributed by atoms with Gasteiger partial charge in [-0.3, -0.25) is 0 Å². The summed E-state index contributed by atoms with van der Waals surface area (Å²) in [5.74, 6) is 6.13. The van der Waals surface area contributed by atoms with Gasteiger partial charge in [-0.15, -0.1) is 0 Å². The van der Waals surface area contributed by atoms with Gasteiger partial charge in [0.2, 0.25) is 9.76 Å². The van der Waals surface area contributed by atoms with Crippen molar-refractivity contribution < 1.29 is 4.12 Å². The lowest BCUT2D eigenvalue weighted by atomic mass is 9.73. The molecule has 0 aromatic rings. The zero-order valence-corrected chi connectivity index (χ0v) is 13.7. The zero-order valence-electron chi connectivity index (χ0n) is 11.7. The lowest BCUT2D eigenvalue weighted by Gasteiger charge is -2.42. The SMILES string of the molecule is C[Si]O[Si](C)(C)C1CC2CC1C1C3C=CC(C3)C21. The molecule has 2 radical (unpaired) electrons. The highest BCUT2D eigenvalue weighted by Crippen LogP contribution is 2.69. The van der Waals surface area contributed by atoms with Crippen molar-refractivity contribution in [3.05, 3.63) is 12.2 Å². The summed E-state index contributed by atoms with van der Waals surface area (Å²) in [5.41, 5.74) is 0.962. The van der Waals surface area contributed by atoms with Crippen LogP contribution in [0.2, 0.25) is 25.2 Å². The van der Waals surface area contributed by atoms with Crippen molar-refractivity contribution in [1.82, 2.24) is 0 Å². The van der Waals surface area contributed by atoms with Crippen LogP contribution >= 0.6 is 0 Å². The molecule has 0 heterocycles. The Morgan fingerprint density at radius 3 is 2.50 bits per heavy atom. The number of hydrogen-bond acceptors (Lipinski definition) is 1. The van der Waals surface area contributed by atoms with E-state index < -0.39 is 8.32 Å². The van der Waals surface area contributed by atoms with Gasteiger partial charge in [0.15, 0.2) is 8.32 Å². The van der Waals surface area contributed by atoms with E-state index in [1.807, 2.05) is 0 Å². The molecular formula is C15H24OSi2. The van der Waals surface area contributed by atoms with Crippen LogP contribution in [0.5, 0.6) is 0 Å². The van der Waals surface area contributed by atoms with Crippen molar-refractivity contribution in [2.45, 2.75) is 44.4 Å². The molecule has 0 spiro atoms. The second kappa shape index (κ2) is 3.83. The lowest BCUT2D eigenvalue weighted by Crippen LogP contribution is -2.44. The van der Waals surface area contributed by atoms with Crippen LogP contribution in [0.25, 0.3) is 0 Å². The van der Waals surface area contributed by atoms with Gasteiger partial charge < -0.3 is 4.12 Å². The first-order valence-corrected chi connectivity index (χ1v) is 12.0. The molecule has 4 rings (SSSR count). The normalized spacial score (nSPS) is 52.3. The third-order valence-electron chi connectivity index (χ3n) is 6.53. The average molecular weight is 277 g/mol. The molecule has 0 N–H and O–H groups in total. The van der Waals surface area contributed by atoms with Crippen LogP contribution in [0, 0.1) is 35.5 Å². The third-order valence-corrected chi connectivity index (χ3v) is 11.9. The topological polar surface area (TPSA) is 9.23 Å². The lowest BCUT2D eigenvalue weighted by molar-refractivity contribution is 0.198. The highest BCUT2D eigenvalue weighted by Gasteiger charge is 2.63. The second-order valence-corrected chi connectivity index (χ2v) is 12.7. The fourth-order valence-electron chi connectivity index (χ4n) is 6.15. The maximum atomic E-state index is 6.24. The van der Waals surface area contributed by atoms with Crippen molar-refractivity contribution in [3.63, 3.8) is 0 Å². The summed E-state index contributed by atoms with van der Waals surface area (Å²) in [7, 11) is -0.728. The van der Waals surface area contributed by atoms with Crippen molar-refractivity contribution >= 4 is 18.1 Å². The molecule has 0 saturated heterocycles. The zero-order chi connectivity index (χ0) is 12.5. The van der Waals surface area contributed by atoms with Gasteiger partial charge in [-0.05, 0) is 80.0 Å². The molecule has 3 heteroatoms. The maximum Gasteiger partial charge on any atom is 0.211 e. The number of allylic oxidation sites excluding steroid dienone is 2. The Morgan fingerprint density at radius 1 is 1.06 bits per heavy atom. The quantitative estimate of drug-likeness (QED) is 0.434. The first kappa shape index (κ1) is 11.9. The molecule has 3 saturated carbocycles. The van der Waals surface area contributed by atoms with Gasteiger partial charge in [0, 0.05) is 0 Å². The predicted octanol–water partition coefficient (Wildman–Crippen LogP) is 3.72. The Balaban J connectivity index is 1.60. The van der Waals surface area contributed by atoms with Gasteiger partial charge in [-0.25, -0.2) is 0 Å².